The Balaban J connectivity index is 1.35. The van der Waals surface area contributed by atoms with Crippen molar-refractivity contribution in [3.05, 3.63) is 163 Å². The molecule has 0 atom stereocenters. The van der Waals surface area contributed by atoms with Gasteiger partial charge in [0.05, 0.1) is 11.4 Å². The molecule has 0 N–H and O–H groups in total. The zero-order chi connectivity index (χ0) is 30.1. The Kier molecular flexibility index (Phi) is 5.78. The van der Waals surface area contributed by atoms with Gasteiger partial charge in [-0.1, -0.05) is 129 Å². The molecular formula is C43H31NS. The lowest BCUT2D eigenvalue weighted by Crippen LogP contribution is -2.15. The van der Waals surface area contributed by atoms with Crippen molar-refractivity contribution in [2.45, 2.75) is 19.3 Å². The van der Waals surface area contributed by atoms with Gasteiger partial charge >= 0.3 is 0 Å². The van der Waals surface area contributed by atoms with Gasteiger partial charge in [-0.25, -0.2) is 0 Å². The topological polar surface area (TPSA) is 3.24 Å². The minimum Gasteiger partial charge on any atom is -0.309 e. The summed E-state index contributed by atoms with van der Waals surface area (Å²) < 4.78 is 2.63. The van der Waals surface area contributed by atoms with E-state index in [1.54, 1.807) is 0 Å². The zero-order valence-electron chi connectivity index (χ0n) is 25.3. The van der Waals surface area contributed by atoms with Crippen molar-refractivity contribution in [2.24, 2.45) is 0 Å². The molecule has 1 aliphatic carbocycles. The number of benzene rings is 7. The lowest BCUT2D eigenvalue weighted by Gasteiger charge is -2.30. The van der Waals surface area contributed by atoms with Crippen LogP contribution in [0, 0.1) is 0 Å². The highest BCUT2D eigenvalue weighted by atomic mass is 32.1. The Morgan fingerprint density at radius 3 is 2.00 bits per heavy atom. The van der Waals surface area contributed by atoms with Crippen LogP contribution in [0.2, 0.25) is 0 Å². The Hall–Kier alpha value is -5.18. The summed E-state index contributed by atoms with van der Waals surface area (Å²) in [6.45, 7) is 4.71. The van der Waals surface area contributed by atoms with Crippen LogP contribution in [0.4, 0.5) is 17.1 Å². The molecule has 1 heterocycles. The van der Waals surface area contributed by atoms with Crippen LogP contribution in [-0.4, -0.2) is 0 Å². The molecule has 0 saturated heterocycles. The van der Waals surface area contributed by atoms with Gasteiger partial charge in [-0.15, -0.1) is 11.3 Å². The molecule has 0 saturated carbocycles. The smallest absolute Gasteiger partial charge is 0.0540 e. The number of thiophene rings is 1. The van der Waals surface area contributed by atoms with Crippen LogP contribution in [0.1, 0.15) is 25.0 Å². The summed E-state index contributed by atoms with van der Waals surface area (Å²) >= 11 is 1.86. The zero-order valence-corrected chi connectivity index (χ0v) is 26.1. The van der Waals surface area contributed by atoms with Crippen LogP contribution >= 0.6 is 11.3 Å². The molecule has 1 nitrogen and oxygen atoms in total. The van der Waals surface area contributed by atoms with E-state index in [-0.39, 0.29) is 5.41 Å². The first-order chi connectivity index (χ1) is 22.1. The van der Waals surface area contributed by atoms with Gasteiger partial charge in [0.2, 0.25) is 0 Å². The van der Waals surface area contributed by atoms with E-state index in [0.29, 0.717) is 0 Å². The van der Waals surface area contributed by atoms with Crippen LogP contribution < -0.4 is 4.90 Å². The molecule has 214 valence electrons. The van der Waals surface area contributed by atoms with Crippen LogP contribution in [0.3, 0.4) is 0 Å². The minimum atomic E-state index is -0.0583. The molecule has 45 heavy (non-hydrogen) atoms. The van der Waals surface area contributed by atoms with Gasteiger partial charge in [-0.2, -0.15) is 0 Å². The molecule has 1 aromatic heterocycles. The first kappa shape index (κ1) is 26.2. The van der Waals surface area contributed by atoms with E-state index in [1.165, 1.54) is 75.7 Å². The molecule has 0 fully saturated rings. The largest absolute Gasteiger partial charge is 0.309 e. The number of anilines is 3. The average molecular weight is 594 g/mol. The summed E-state index contributed by atoms with van der Waals surface area (Å²) in [5.41, 5.74) is 11.4. The minimum absolute atomic E-state index is 0.0583. The third-order valence-electron chi connectivity index (χ3n) is 9.67. The first-order valence-corrected chi connectivity index (χ1v) is 16.4. The fraction of sp³-hybridized carbons (Fsp3) is 0.0698. The molecule has 7 aromatic carbocycles. The van der Waals surface area contributed by atoms with Crippen molar-refractivity contribution in [1.29, 1.82) is 0 Å². The highest BCUT2D eigenvalue weighted by Crippen LogP contribution is 2.54. The monoisotopic (exact) mass is 593 g/mol. The first-order valence-electron chi connectivity index (χ1n) is 15.6. The summed E-state index contributed by atoms with van der Waals surface area (Å²) in [6, 6.07) is 55.9. The molecule has 2 heteroatoms. The molecule has 8 aromatic rings. The van der Waals surface area contributed by atoms with E-state index in [2.05, 4.69) is 170 Å². The lowest BCUT2D eigenvalue weighted by molar-refractivity contribution is 0.660. The number of nitrogens with zero attached hydrogens (tertiary/aromatic N) is 1. The standard InChI is InChI=1S/C43H31NS/c1-43(2)36-20-8-5-18-34(36)42-33(19-12-21-37(42)43)31-16-6-9-22-39(31)44(38-23-11-14-28-13-3-4-15-30(28)38)29-25-26-41-35(27-29)32-17-7-10-24-40(32)45-41/h3-27H,1-2H3. The van der Waals surface area contributed by atoms with E-state index >= 15 is 0 Å². The van der Waals surface area contributed by atoms with Crippen LogP contribution in [0.15, 0.2) is 152 Å². The third-order valence-corrected chi connectivity index (χ3v) is 10.8. The summed E-state index contributed by atoms with van der Waals surface area (Å²) in [4.78, 5) is 2.48. The van der Waals surface area contributed by atoms with Crippen LogP contribution in [0.25, 0.3) is 53.2 Å². The molecule has 0 unspecified atom stereocenters. The summed E-state index contributed by atoms with van der Waals surface area (Å²) in [7, 11) is 0. The fourth-order valence-corrected chi connectivity index (χ4v) is 8.63. The number of rotatable bonds is 4. The van der Waals surface area contributed by atoms with Gasteiger partial charge in [0.1, 0.15) is 0 Å². The van der Waals surface area contributed by atoms with Crippen molar-refractivity contribution in [3.63, 3.8) is 0 Å². The quantitative estimate of drug-likeness (QED) is 0.196. The molecule has 0 bridgehead atoms. The molecule has 1 aliphatic rings. The maximum Gasteiger partial charge on any atom is 0.0540 e. The highest BCUT2D eigenvalue weighted by molar-refractivity contribution is 7.25. The molecule has 0 amide bonds. The Morgan fingerprint density at radius 1 is 0.467 bits per heavy atom. The van der Waals surface area contributed by atoms with Crippen molar-refractivity contribution >= 4 is 59.3 Å². The van der Waals surface area contributed by atoms with Gasteiger partial charge in [0, 0.05) is 42.2 Å². The summed E-state index contributed by atoms with van der Waals surface area (Å²) in [5, 5.41) is 5.07. The Labute approximate surface area is 267 Å². The van der Waals surface area contributed by atoms with Gasteiger partial charge in [-0.3, -0.25) is 0 Å². The summed E-state index contributed by atoms with van der Waals surface area (Å²) in [6.07, 6.45) is 0. The summed E-state index contributed by atoms with van der Waals surface area (Å²) in [5.74, 6) is 0. The molecular weight excluding hydrogens is 563 g/mol. The third kappa shape index (κ3) is 3.92. The van der Waals surface area contributed by atoms with E-state index in [9.17, 15) is 0 Å². The van der Waals surface area contributed by atoms with Crippen LogP contribution in [0.5, 0.6) is 0 Å². The van der Waals surface area contributed by atoms with E-state index in [1.807, 2.05) is 11.3 Å². The predicted molar refractivity (Wildman–Crippen MR) is 195 cm³/mol. The molecule has 0 radical (unpaired) electrons. The van der Waals surface area contributed by atoms with E-state index in [4.69, 9.17) is 0 Å². The second-order valence-corrected chi connectivity index (χ2v) is 13.6. The van der Waals surface area contributed by atoms with E-state index < -0.39 is 0 Å². The van der Waals surface area contributed by atoms with E-state index in [0.717, 1.165) is 5.69 Å². The Bertz CT molecular complexity index is 2420. The van der Waals surface area contributed by atoms with Crippen molar-refractivity contribution in [3.8, 4) is 22.3 Å². The number of para-hydroxylation sites is 1. The van der Waals surface area contributed by atoms with Crippen molar-refractivity contribution in [1.82, 2.24) is 0 Å². The number of hydrogen-bond donors (Lipinski definition) is 0. The lowest BCUT2D eigenvalue weighted by atomic mass is 9.82. The van der Waals surface area contributed by atoms with Gasteiger partial charge in [-0.05, 0) is 69.6 Å². The second-order valence-electron chi connectivity index (χ2n) is 12.5. The molecule has 0 aliphatic heterocycles. The van der Waals surface area contributed by atoms with Gasteiger partial charge < -0.3 is 4.90 Å². The average Bonchev–Trinajstić information content (AvgIpc) is 3.57. The van der Waals surface area contributed by atoms with Gasteiger partial charge in [0.25, 0.3) is 0 Å². The SMILES string of the molecule is CC1(C)c2ccccc2-c2c(-c3ccccc3N(c3ccc4sc5ccccc5c4c3)c3cccc4ccccc34)cccc21. The maximum atomic E-state index is 2.48. The van der Waals surface area contributed by atoms with Gasteiger partial charge in [0.15, 0.2) is 0 Å². The van der Waals surface area contributed by atoms with Crippen LogP contribution in [-0.2, 0) is 5.41 Å². The normalized spacial score (nSPS) is 13.3. The van der Waals surface area contributed by atoms with Crippen molar-refractivity contribution < 1.29 is 0 Å². The molecule has 9 rings (SSSR count). The fourth-order valence-electron chi connectivity index (χ4n) is 7.54. The second kappa shape index (κ2) is 9.92. The predicted octanol–water partition coefficient (Wildman–Crippen LogP) is 12.7. The number of fused-ring (bicyclic) bond motifs is 7. The van der Waals surface area contributed by atoms with Crippen molar-refractivity contribution in [2.75, 3.05) is 4.90 Å². The highest BCUT2D eigenvalue weighted by Gasteiger charge is 2.37. The Morgan fingerprint density at radius 2 is 1.09 bits per heavy atom. The maximum absolute atomic E-state index is 2.48. The molecule has 0 spiro atoms. The number of hydrogen-bond acceptors (Lipinski definition) is 2.